The van der Waals surface area contributed by atoms with Gasteiger partial charge in [-0.25, -0.2) is 4.79 Å². The molecule has 1 aliphatic rings. The number of aromatic nitrogens is 1. The highest BCUT2D eigenvalue weighted by molar-refractivity contribution is 5.88. The van der Waals surface area contributed by atoms with Crippen LogP contribution in [0.1, 0.15) is 41.7 Å². The van der Waals surface area contributed by atoms with Gasteiger partial charge in [0.05, 0.1) is 25.0 Å². The van der Waals surface area contributed by atoms with Crippen molar-refractivity contribution in [2.75, 3.05) is 13.7 Å². The smallest absolute Gasteiger partial charge is 0.339 e. The van der Waals surface area contributed by atoms with E-state index in [-0.39, 0.29) is 5.97 Å². The number of rotatable bonds is 5. The summed E-state index contributed by atoms with van der Waals surface area (Å²) in [5.74, 6) is 0.361. The van der Waals surface area contributed by atoms with Gasteiger partial charge in [-0.3, -0.25) is 4.98 Å². The number of hydrogen-bond acceptors (Lipinski definition) is 4. The average Bonchev–Trinajstić information content (AvgIpc) is 2.92. The van der Waals surface area contributed by atoms with Gasteiger partial charge < -0.3 is 9.47 Å². The Morgan fingerprint density at radius 1 is 1.39 bits per heavy atom. The quantitative estimate of drug-likeness (QED) is 0.752. The Labute approximate surface area is 107 Å². The Morgan fingerprint density at radius 2 is 2.17 bits per heavy atom. The van der Waals surface area contributed by atoms with Gasteiger partial charge in [0.25, 0.3) is 0 Å². The van der Waals surface area contributed by atoms with E-state index in [1.165, 1.54) is 39.0 Å². The van der Waals surface area contributed by atoms with E-state index in [9.17, 15) is 4.79 Å². The molecule has 0 bridgehead atoms. The van der Waals surface area contributed by atoms with Crippen LogP contribution in [0.2, 0.25) is 0 Å². The fraction of sp³-hybridized carbons (Fsp3) is 0.571. The molecule has 1 aliphatic carbocycles. The number of hydrogen-bond donors (Lipinski definition) is 0. The van der Waals surface area contributed by atoms with Gasteiger partial charge in [0.15, 0.2) is 0 Å². The normalized spacial score (nSPS) is 15.8. The predicted molar refractivity (Wildman–Crippen MR) is 67.2 cm³/mol. The maximum atomic E-state index is 11.2. The van der Waals surface area contributed by atoms with Crippen molar-refractivity contribution in [2.45, 2.75) is 32.3 Å². The van der Waals surface area contributed by atoms with E-state index in [2.05, 4.69) is 9.72 Å². The molecular weight excluding hydrogens is 230 g/mol. The number of ether oxygens (including phenoxy) is 2. The molecule has 4 heteroatoms. The molecule has 0 unspecified atom stereocenters. The first-order valence-corrected chi connectivity index (χ1v) is 6.40. The van der Waals surface area contributed by atoms with E-state index >= 15 is 0 Å². The number of esters is 1. The average molecular weight is 249 g/mol. The van der Waals surface area contributed by atoms with Crippen LogP contribution in [0.15, 0.2) is 18.3 Å². The summed E-state index contributed by atoms with van der Waals surface area (Å²) in [6, 6.07) is 3.52. The van der Waals surface area contributed by atoms with Gasteiger partial charge in [0.1, 0.15) is 0 Å². The molecule has 0 aliphatic heterocycles. The first-order valence-electron chi connectivity index (χ1n) is 6.40. The molecule has 0 spiro atoms. The lowest BCUT2D eigenvalue weighted by Crippen LogP contribution is -2.07. The van der Waals surface area contributed by atoms with Crippen molar-refractivity contribution in [1.29, 1.82) is 0 Å². The summed E-state index contributed by atoms with van der Waals surface area (Å²) in [6.45, 7) is 1.33. The SMILES string of the molecule is COC(=O)c1ccc(COCC2CCCC2)nc1. The molecule has 1 aromatic heterocycles. The first kappa shape index (κ1) is 13.0. The minimum atomic E-state index is -0.360. The van der Waals surface area contributed by atoms with Gasteiger partial charge in [-0.1, -0.05) is 12.8 Å². The fourth-order valence-electron chi connectivity index (χ4n) is 2.26. The van der Waals surface area contributed by atoms with Crippen molar-refractivity contribution < 1.29 is 14.3 Å². The van der Waals surface area contributed by atoms with Crippen molar-refractivity contribution in [3.8, 4) is 0 Å². The summed E-state index contributed by atoms with van der Waals surface area (Å²) in [4.78, 5) is 15.4. The second-order valence-electron chi connectivity index (χ2n) is 4.70. The second kappa shape index (κ2) is 6.50. The maximum Gasteiger partial charge on any atom is 0.339 e. The monoisotopic (exact) mass is 249 g/mol. The number of pyridine rings is 1. The third-order valence-corrected chi connectivity index (χ3v) is 3.32. The maximum absolute atomic E-state index is 11.2. The van der Waals surface area contributed by atoms with Gasteiger partial charge in [-0.2, -0.15) is 0 Å². The third-order valence-electron chi connectivity index (χ3n) is 3.32. The molecule has 1 heterocycles. The fourth-order valence-corrected chi connectivity index (χ4v) is 2.26. The lowest BCUT2D eigenvalue weighted by Gasteiger charge is -2.09. The lowest BCUT2D eigenvalue weighted by atomic mass is 10.1. The Morgan fingerprint density at radius 3 is 2.78 bits per heavy atom. The molecule has 1 fully saturated rings. The third kappa shape index (κ3) is 3.53. The van der Waals surface area contributed by atoms with Crippen LogP contribution in [0.5, 0.6) is 0 Å². The molecule has 18 heavy (non-hydrogen) atoms. The Bertz CT molecular complexity index is 383. The van der Waals surface area contributed by atoms with E-state index in [4.69, 9.17) is 4.74 Å². The van der Waals surface area contributed by atoms with Crippen LogP contribution in [0.3, 0.4) is 0 Å². The summed E-state index contributed by atoms with van der Waals surface area (Å²) in [6.07, 6.45) is 6.77. The number of carbonyl (C=O) groups excluding carboxylic acids is 1. The molecule has 98 valence electrons. The lowest BCUT2D eigenvalue weighted by molar-refractivity contribution is 0.0599. The highest BCUT2D eigenvalue weighted by Crippen LogP contribution is 2.24. The molecule has 1 saturated carbocycles. The number of nitrogens with zero attached hydrogens (tertiary/aromatic N) is 1. The second-order valence-corrected chi connectivity index (χ2v) is 4.70. The summed E-state index contributed by atoms with van der Waals surface area (Å²) >= 11 is 0. The van der Waals surface area contributed by atoms with E-state index in [1.807, 2.05) is 0 Å². The standard InChI is InChI=1S/C14H19NO3/c1-17-14(16)12-6-7-13(15-8-12)10-18-9-11-4-2-3-5-11/h6-8,11H,2-5,9-10H2,1H3. The van der Waals surface area contributed by atoms with E-state index in [0.717, 1.165) is 18.2 Å². The van der Waals surface area contributed by atoms with E-state index in [1.54, 1.807) is 12.1 Å². The largest absolute Gasteiger partial charge is 0.465 e. The Balaban J connectivity index is 1.77. The van der Waals surface area contributed by atoms with Crippen molar-refractivity contribution in [2.24, 2.45) is 5.92 Å². The van der Waals surface area contributed by atoms with Crippen molar-refractivity contribution in [3.63, 3.8) is 0 Å². The number of methoxy groups -OCH3 is 1. The van der Waals surface area contributed by atoms with Crippen LogP contribution in [-0.2, 0) is 16.1 Å². The molecule has 2 rings (SSSR count). The molecule has 4 nitrogen and oxygen atoms in total. The van der Waals surface area contributed by atoms with Crippen LogP contribution in [0, 0.1) is 5.92 Å². The zero-order chi connectivity index (χ0) is 12.8. The molecular formula is C14H19NO3. The van der Waals surface area contributed by atoms with Crippen LogP contribution in [-0.4, -0.2) is 24.7 Å². The summed E-state index contributed by atoms with van der Waals surface area (Å²) in [5, 5.41) is 0. The zero-order valence-corrected chi connectivity index (χ0v) is 10.7. The Hall–Kier alpha value is -1.42. The van der Waals surface area contributed by atoms with Gasteiger partial charge in [0, 0.05) is 12.8 Å². The minimum Gasteiger partial charge on any atom is -0.465 e. The van der Waals surface area contributed by atoms with Crippen LogP contribution >= 0.6 is 0 Å². The Kier molecular flexibility index (Phi) is 4.70. The van der Waals surface area contributed by atoms with Crippen LogP contribution < -0.4 is 0 Å². The molecule has 0 aromatic carbocycles. The highest BCUT2D eigenvalue weighted by Gasteiger charge is 2.14. The van der Waals surface area contributed by atoms with Gasteiger partial charge in [0.2, 0.25) is 0 Å². The molecule has 1 aromatic rings. The summed E-state index contributed by atoms with van der Waals surface area (Å²) in [7, 11) is 1.36. The molecule has 0 radical (unpaired) electrons. The van der Waals surface area contributed by atoms with E-state index in [0.29, 0.717) is 12.2 Å². The van der Waals surface area contributed by atoms with Gasteiger partial charge in [-0.05, 0) is 30.9 Å². The molecule has 0 amide bonds. The molecule has 0 atom stereocenters. The first-order chi connectivity index (χ1) is 8.79. The minimum absolute atomic E-state index is 0.360. The van der Waals surface area contributed by atoms with Crippen molar-refractivity contribution in [1.82, 2.24) is 4.98 Å². The van der Waals surface area contributed by atoms with Gasteiger partial charge >= 0.3 is 5.97 Å². The highest BCUT2D eigenvalue weighted by atomic mass is 16.5. The summed E-state index contributed by atoms with van der Waals surface area (Å²) < 4.78 is 10.3. The topological polar surface area (TPSA) is 48.4 Å². The number of carbonyl (C=O) groups is 1. The van der Waals surface area contributed by atoms with Crippen molar-refractivity contribution >= 4 is 5.97 Å². The van der Waals surface area contributed by atoms with Crippen LogP contribution in [0.25, 0.3) is 0 Å². The van der Waals surface area contributed by atoms with Gasteiger partial charge in [-0.15, -0.1) is 0 Å². The summed E-state index contributed by atoms with van der Waals surface area (Å²) in [5.41, 5.74) is 1.32. The predicted octanol–water partition coefficient (Wildman–Crippen LogP) is 2.58. The molecule has 0 N–H and O–H groups in total. The molecule has 0 saturated heterocycles. The zero-order valence-electron chi connectivity index (χ0n) is 10.7. The van der Waals surface area contributed by atoms with Crippen molar-refractivity contribution in [3.05, 3.63) is 29.6 Å². The van der Waals surface area contributed by atoms with E-state index < -0.39 is 0 Å². The van der Waals surface area contributed by atoms with Crippen LogP contribution in [0.4, 0.5) is 0 Å².